The van der Waals surface area contributed by atoms with Gasteiger partial charge in [-0.2, -0.15) is 0 Å². The van der Waals surface area contributed by atoms with E-state index in [-0.39, 0.29) is 5.78 Å². The summed E-state index contributed by atoms with van der Waals surface area (Å²) in [5, 5.41) is 0. The highest BCUT2D eigenvalue weighted by atomic mass is 16.5. The molecule has 0 fully saturated rings. The van der Waals surface area contributed by atoms with Gasteiger partial charge < -0.3 is 14.2 Å². The summed E-state index contributed by atoms with van der Waals surface area (Å²) in [5.41, 5.74) is 2.62. The summed E-state index contributed by atoms with van der Waals surface area (Å²) < 4.78 is 17.1. The lowest BCUT2D eigenvalue weighted by Crippen LogP contribution is -2.03. The van der Waals surface area contributed by atoms with Crippen molar-refractivity contribution in [3.8, 4) is 17.2 Å². The molecule has 0 aromatic heterocycles. The Morgan fingerprint density at radius 2 is 1.72 bits per heavy atom. The molecule has 2 aromatic rings. The minimum absolute atomic E-state index is 0.0656. The maximum Gasteiger partial charge on any atom is 0.185 e. The minimum atomic E-state index is -0.0656. The van der Waals surface area contributed by atoms with Crippen LogP contribution >= 0.6 is 0 Å². The van der Waals surface area contributed by atoms with Gasteiger partial charge in [0.1, 0.15) is 12.4 Å². The van der Waals surface area contributed by atoms with E-state index in [4.69, 9.17) is 14.2 Å². The molecular formula is C25H30O4. The summed E-state index contributed by atoms with van der Waals surface area (Å²) >= 11 is 0. The third kappa shape index (κ3) is 6.53. The highest BCUT2D eigenvalue weighted by molar-refractivity contribution is 6.06. The lowest BCUT2D eigenvalue weighted by Gasteiger charge is -2.16. The van der Waals surface area contributed by atoms with Crippen LogP contribution in [0.3, 0.4) is 0 Å². The van der Waals surface area contributed by atoms with Crippen LogP contribution in [0.15, 0.2) is 55.1 Å². The maximum absolute atomic E-state index is 12.5. The Balaban J connectivity index is 2.23. The Labute approximate surface area is 173 Å². The Bertz CT molecular complexity index is 807. The zero-order valence-electron chi connectivity index (χ0n) is 17.6. The predicted molar refractivity (Wildman–Crippen MR) is 118 cm³/mol. The molecule has 0 aliphatic heterocycles. The molecule has 0 aliphatic rings. The first-order valence-electron chi connectivity index (χ1n) is 10.1. The molecular weight excluding hydrogens is 364 g/mol. The van der Waals surface area contributed by atoms with Crippen LogP contribution in [0.25, 0.3) is 6.08 Å². The second-order valence-corrected chi connectivity index (χ2v) is 6.44. The normalized spacial score (nSPS) is 10.7. The highest BCUT2D eigenvalue weighted by Gasteiger charge is 2.12. The molecule has 0 saturated heterocycles. The molecule has 0 amide bonds. The van der Waals surface area contributed by atoms with Gasteiger partial charge in [-0.3, -0.25) is 4.79 Å². The van der Waals surface area contributed by atoms with Gasteiger partial charge in [-0.15, -0.1) is 0 Å². The summed E-state index contributed by atoms with van der Waals surface area (Å²) in [6.07, 6.45) is 6.97. The summed E-state index contributed by atoms with van der Waals surface area (Å²) in [6, 6.07) is 11.1. The van der Waals surface area contributed by atoms with Gasteiger partial charge in [-0.25, -0.2) is 0 Å². The van der Waals surface area contributed by atoms with Gasteiger partial charge in [0.25, 0.3) is 0 Å². The molecule has 0 radical (unpaired) electrons. The summed E-state index contributed by atoms with van der Waals surface area (Å²) in [5.74, 6) is 2.16. The summed E-state index contributed by atoms with van der Waals surface area (Å²) in [7, 11) is 0. The molecule has 4 heteroatoms. The molecule has 0 saturated carbocycles. The van der Waals surface area contributed by atoms with Crippen molar-refractivity contribution in [2.45, 2.75) is 33.6 Å². The fourth-order valence-corrected chi connectivity index (χ4v) is 2.94. The maximum atomic E-state index is 12.5. The third-order valence-corrected chi connectivity index (χ3v) is 4.20. The Kier molecular flexibility index (Phi) is 9.03. The molecule has 0 aliphatic carbocycles. The monoisotopic (exact) mass is 394 g/mol. The van der Waals surface area contributed by atoms with Gasteiger partial charge in [0.15, 0.2) is 17.3 Å². The number of carbonyl (C=O) groups is 1. The van der Waals surface area contributed by atoms with E-state index < -0.39 is 0 Å². The average molecular weight is 395 g/mol. The van der Waals surface area contributed by atoms with E-state index in [0.29, 0.717) is 31.1 Å². The zero-order chi connectivity index (χ0) is 21.1. The quantitative estimate of drug-likeness (QED) is 0.255. The van der Waals surface area contributed by atoms with Crippen molar-refractivity contribution < 1.29 is 19.0 Å². The first-order chi connectivity index (χ1) is 14.1. The Morgan fingerprint density at radius 3 is 2.34 bits per heavy atom. The topological polar surface area (TPSA) is 44.8 Å². The van der Waals surface area contributed by atoms with E-state index in [1.807, 2.05) is 26.0 Å². The average Bonchev–Trinajstić information content (AvgIpc) is 2.73. The molecule has 0 spiro atoms. The molecule has 2 aromatic carbocycles. The fourth-order valence-electron chi connectivity index (χ4n) is 2.94. The Morgan fingerprint density at radius 1 is 1.00 bits per heavy atom. The van der Waals surface area contributed by atoms with Crippen LogP contribution in [0, 0.1) is 0 Å². The highest BCUT2D eigenvalue weighted by Crippen LogP contribution is 2.34. The number of hydrogen-bond donors (Lipinski definition) is 0. The minimum Gasteiger partial charge on any atom is -0.490 e. The lowest BCUT2D eigenvalue weighted by molar-refractivity contribution is 0.104. The first kappa shape index (κ1) is 22.3. The summed E-state index contributed by atoms with van der Waals surface area (Å²) in [6.45, 7) is 11.2. The van der Waals surface area contributed by atoms with Crippen LogP contribution in [-0.2, 0) is 6.42 Å². The van der Waals surface area contributed by atoms with Crippen LogP contribution in [0.5, 0.6) is 17.2 Å². The van der Waals surface area contributed by atoms with Gasteiger partial charge in [0, 0.05) is 5.56 Å². The smallest absolute Gasteiger partial charge is 0.185 e. The van der Waals surface area contributed by atoms with Crippen molar-refractivity contribution in [2.75, 3.05) is 19.8 Å². The first-order valence-corrected chi connectivity index (χ1v) is 10.1. The van der Waals surface area contributed by atoms with Crippen LogP contribution < -0.4 is 14.2 Å². The van der Waals surface area contributed by atoms with Gasteiger partial charge in [-0.1, -0.05) is 32.1 Å². The predicted octanol–water partition coefficient (Wildman–Crippen LogP) is 5.90. The fraction of sp³-hybridized carbons (Fsp3) is 0.320. The van der Waals surface area contributed by atoms with Gasteiger partial charge in [-0.05, 0) is 73.9 Å². The molecule has 29 heavy (non-hydrogen) atoms. The van der Waals surface area contributed by atoms with Crippen LogP contribution in [0.1, 0.15) is 48.7 Å². The summed E-state index contributed by atoms with van der Waals surface area (Å²) in [4.78, 5) is 12.5. The Hall–Kier alpha value is -3.01. The van der Waals surface area contributed by atoms with Crippen molar-refractivity contribution >= 4 is 11.9 Å². The number of aryl methyl sites for hydroxylation is 1. The number of rotatable bonds is 12. The molecule has 154 valence electrons. The number of ether oxygens (including phenoxy) is 3. The van der Waals surface area contributed by atoms with Crippen molar-refractivity contribution in [3.05, 3.63) is 71.8 Å². The second kappa shape index (κ2) is 11.7. The molecule has 0 bridgehead atoms. The van der Waals surface area contributed by atoms with Crippen LogP contribution in [0.4, 0.5) is 0 Å². The van der Waals surface area contributed by atoms with Crippen molar-refractivity contribution in [3.63, 3.8) is 0 Å². The SMILES string of the molecule is C=CCOc1ccc(C(=O)/C=C/c2cc(CCC)c(OCC)c(OCC)c2)cc1. The molecule has 0 N–H and O–H groups in total. The van der Waals surface area contributed by atoms with E-state index in [1.54, 1.807) is 36.4 Å². The van der Waals surface area contributed by atoms with Crippen LogP contribution in [-0.4, -0.2) is 25.6 Å². The number of allylic oxidation sites excluding steroid dienone is 1. The number of ketones is 1. The molecule has 2 rings (SSSR count). The largest absolute Gasteiger partial charge is 0.490 e. The molecule has 0 unspecified atom stereocenters. The molecule has 4 nitrogen and oxygen atoms in total. The van der Waals surface area contributed by atoms with E-state index in [0.717, 1.165) is 35.5 Å². The van der Waals surface area contributed by atoms with Crippen molar-refractivity contribution in [1.82, 2.24) is 0 Å². The van der Waals surface area contributed by atoms with Gasteiger partial charge in [0.2, 0.25) is 0 Å². The number of carbonyl (C=O) groups excluding carboxylic acids is 1. The molecule has 0 heterocycles. The van der Waals surface area contributed by atoms with Gasteiger partial charge in [0.05, 0.1) is 13.2 Å². The standard InChI is InChI=1S/C25H30O4/c1-5-9-21-17-19(18-24(27-7-3)25(21)28-8-4)10-15-23(26)20-11-13-22(14-12-20)29-16-6-2/h6,10-15,17-18H,2,5,7-9,16H2,1,3-4H3/b15-10+. The van der Waals surface area contributed by atoms with Crippen LogP contribution in [0.2, 0.25) is 0 Å². The van der Waals surface area contributed by atoms with E-state index >= 15 is 0 Å². The third-order valence-electron chi connectivity index (χ3n) is 4.20. The van der Waals surface area contributed by atoms with Gasteiger partial charge >= 0.3 is 0 Å². The zero-order valence-corrected chi connectivity index (χ0v) is 17.6. The van der Waals surface area contributed by atoms with Crippen molar-refractivity contribution in [1.29, 1.82) is 0 Å². The number of benzene rings is 2. The van der Waals surface area contributed by atoms with Crippen molar-refractivity contribution in [2.24, 2.45) is 0 Å². The van der Waals surface area contributed by atoms with E-state index in [2.05, 4.69) is 19.6 Å². The molecule has 0 atom stereocenters. The lowest BCUT2D eigenvalue weighted by atomic mass is 10.0. The van der Waals surface area contributed by atoms with E-state index in [1.165, 1.54) is 0 Å². The van der Waals surface area contributed by atoms with E-state index in [9.17, 15) is 4.79 Å². The second-order valence-electron chi connectivity index (χ2n) is 6.44. The number of hydrogen-bond acceptors (Lipinski definition) is 4.